The Morgan fingerprint density at radius 1 is 1.40 bits per heavy atom. The zero-order valence-electron chi connectivity index (χ0n) is 9.03. The molecule has 0 N–H and O–H groups in total. The van der Waals surface area contributed by atoms with Crippen molar-refractivity contribution in [1.29, 1.82) is 0 Å². The van der Waals surface area contributed by atoms with Gasteiger partial charge in [-0.15, -0.1) is 0 Å². The maximum atomic E-state index is 10.9. The minimum Gasteiger partial charge on any atom is -0.362 e. The van der Waals surface area contributed by atoms with Crippen LogP contribution in [0.4, 0.5) is 0 Å². The summed E-state index contributed by atoms with van der Waals surface area (Å²) in [6.07, 6.45) is 4.95. The average molecular weight is 247 g/mol. The fourth-order valence-corrected chi connectivity index (χ4v) is 2.81. The predicted octanol–water partition coefficient (Wildman–Crippen LogP) is 1.65. The summed E-state index contributed by atoms with van der Waals surface area (Å²) >= 11 is 5.17. The zero-order valence-corrected chi connectivity index (χ0v) is 10.7. The standard InChI is InChI=1S/C10H17NO2S2/c1-2-3-4-7-11-8-5-6-9(10(11)14)15(12)13/h2-8H2,1H3. The molecule has 1 aliphatic heterocycles. The van der Waals surface area contributed by atoms with E-state index in [0.29, 0.717) is 16.3 Å². The highest BCUT2D eigenvalue weighted by atomic mass is 32.2. The molecule has 0 unspecified atom stereocenters. The van der Waals surface area contributed by atoms with Gasteiger partial charge in [-0.25, -0.2) is 0 Å². The molecule has 1 heterocycles. The molecule has 0 atom stereocenters. The first-order valence-electron chi connectivity index (χ1n) is 5.41. The van der Waals surface area contributed by atoms with E-state index in [-0.39, 0.29) is 0 Å². The van der Waals surface area contributed by atoms with Gasteiger partial charge in [0.1, 0.15) is 9.85 Å². The van der Waals surface area contributed by atoms with Crippen molar-refractivity contribution in [2.75, 3.05) is 13.1 Å². The lowest BCUT2D eigenvalue weighted by Gasteiger charge is -2.29. The topological polar surface area (TPSA) is 37.4 Å². The molecule has 5 heteroatoms. The minimum absolute atomic E-state index is 0.424. The fourth-order valence-electron chi connectivity index (χ4n) is 1.74. The molecule has 0 amide bonds. The summed E-state index contributed by atoms with van der Waals surface area (Å²) in [5.74, 6) is 0. The van der Waals surface area contributed by atoms with Gasteiger partial charge in [-0.05, 0) is 19.3 Å². The second-order valence-electron chi connectivity index (χ2n) is 3.76. The Labute approximate surface area is 98.0 Å². The molecule has 3 nitrogen and oxygen atoms in total. The van der Waals surface area contributed by atoms with Gasteiger partial charge in [-0.1, -0.05) is 32.0 Å². The van der Waals surface area contributed by atoms with Gasteiger partial charge in [-0.3, -0.25) is 0 Å². The summed E-state index contributed by atoms with van der Waals surface area (Å²) in [5, 5.41) is 0. The summed E-state index contributed by atoms with van der Waals surface area (Å²) in [7, 11) is -2.13. The van der Waals surface area contributed by atoms with Gasteiger partial charge in [0.25, 0.3) is 0 Å². The molecule has 1 rings (SSSR count). The van der Waals surface area contributed by atoms with Crippen molar-refractivity contribution in [3.8, 4) is 0 Å². The quantitative estimate of drug-likeness (QED) is 0.559. The highest BCUT2D eigenvalue weighted by Crippen LogP contribution is 2.11. The van der Waals surface area contributed by atoms with Crippen LogP contribution >= 0.6 is 12.2 Å². The maximum absolute atomic E-state index is 10.9. The second-order valence-corrected chi connectivity index (χ2v) is 5.11. The van der Waals surface area contributed by atoms with Gasteiger partial charge >= 0.3 is 0 Å². The van der Waals surface area contributed by atoms with Crippen LogP contribution in [0.15, 0.2) is 0 Å². The smallest absolute Gasteiger partial charge is 0.220 e. The van der Waals surface area contributed by atoms with E-state index < -0.39 is 10.3 Å². The molecule has 0 radical (unpaired) electrons. The van der Waals surface area contributed by atoms with Gasteiger partial charge in [0.2, 0.25) is 10.3 Å². The van der Waals surface area contributed by atoms with Crippen LogP contribution in [0.3, 0.4) is 0 Å². The first kappa shape index (κ1) is 12.6. The van der Waals surface area contributed by atoms with Crippen molar-refractivity contribution < 1.29 is 8.42 Å². The Kier molecular flexibility index (Phi) is 5.25. The van der Waals surface area contributed by atoms with Crippen LogP contribution in [0.25, 0.3) is 0 Å². The number of likely N-dealkylation sites (tertiary alicyclic amines) is 1. The molecule has 1 fully saturated rings. The molecule has 1 saturated heterocycles. The Hall–Kier alpha value is -0.420. The van der Waals surface area contributed by atoms with Crippen LogP contribution in [0, 0.1) is 0 Å². The van der Waals surface area contributed by atoms with E-state index in [1.165, 1.54) is 12.8 Å². The van der Waals surface area contributed by atoms with Crippen molar-refractivity contribution in [2.24, 2.45) is 0 Å². The number of piperidine rings is 1. The normalized spacial score (nSPS) is 17.0. The van der Waals surface area contributed by atoms with Crippen molar-refractivity contribution >= 4 is 32.4 Å². The SMILES string of the molecule is CCCCCN1CCCC(=S(=O)=O)C1=S. The molecule has 0 aromatic rings. The molecule has 86 valence electrons. The Morgan fingerprint density at radius 2 is 2.13 bits per heavy atom. The fraction of sp³-hybridized carbons (Fsp3) is 0.800. The van der Waals surface area contributed by atoms with Crippen molar-refractivity contribution in [3.63, 3.8) is 0 Å². The predicted molar refractivity (Wildman–Crippen MR) is 66.9 cm³/mol. The van der Waals surface area contributed by atoms with E-state index in [9.17, 15) is 8.42 Å². The van der Waals surface area contributed by atoms with E-state index in [2.05, 4.69) is 6.92 Å². The monoisotopic (exact) mass is 247 g/mol. The zero-order chi connectivity index (χ0) is 11.3. The Bertz CT molecular complexity index is 352. The molecule has 0 aliphatic carbocycles. The molecule has 0 aromatic heterocycles. The first-order chi connectivity index (χ1) is 7.16. The lowest BCUT2D eigenvalue weighted by Crippen LogP contribution is -2.41. The lowest BCUT2D eigenvalue weighted by molar-refractivity contribution is 0.400. The molecule has 1 aliphatic rings. The van der Waals surface area contributed by atoms with Gasteiger partial charge in [0.05, 0.1) is 0 Å². The van der Waals surface area contributed by atoms with Gasteiger partial charge in [0, 0.05) is 13.1 Å². The number of nitrogens with zero attached hydrogens (tertiary/aromatic N) is 1. The van der Waals surface area contributed by atoms with E-state index in [1.807, 2.05) is 4.90 Å². The third-order valence-electron chi connectivity index (χ3n) is 2.59. The number of unbranched alkanes of at least 4 members (excludes halogenated alkanes) is 2. The van der Waals surface area contributed by atoms with Crippen LogP contribution in [0.2, 0.25) is 0 Å². The van der Waals surface area contributed by atoms with Crippen molar-refractivity contribution in [1.82, 2.24) is 4.90 Å². The number of hydrogen-bond acceptors (Lipinski definition) is 3. The lowest BCUT2D eigenvalue weighted by atomic mass is 10.1. The minimum atomic E-state index is -2.13. The summed E-state index contributed by atoms with van der Waals surface area (Å²) < 4.78 is 21.8. The van der Waals surface area contributed by atoms with E-state index in [1.54, 1.807) is 0 Å². The van der Waals surface area contributed by atoms with Gasteiger partial charge < -0.3 is 4.90 Å². The molecular formula is C10H17NO2S2. The summed E-state index contributed by atoms with van der Waals surface area (Å²) in [5.41, 5.74) is 0. The Morgan fingerprint density at radius 3 is 2.73 bits per heavy atom. The van der Waals surface area contributed by atoms with Crippen molar-refractivity contribution in [2.45, 2.75) is 39.0 Å². The number of thiocarbonyl (C=S) groups is 1. The van der Waals surface area contributed by atoms with Crippen LogP contribution in [0.5, 0.6) is 0 Å². The summed E-state index contributed by atoms with van der Waals surface area (Å²) in [6, 6.07) is 0. The van der Waals surface area contributed by atoms with Crippen LogP contribution in [-0.2, 0) is 10.3 Å². The third kappa shape index (κ3) is 3.57. The summed E-state index contributed by atoms with van der Waals surface area (Å²) in [6.45, 7) is 3.95. The second kappa shape index (κ2) is 6.23. The molecule has 0 spiro atoms. The first-order valence-corrected chi connectivity index (χ1v) is 6.89. The summed E-state index contributed by atoms with van der Waals surface area (Å²) in [4.78, 5) is 3.00. The molecule has 0 saturated carbocycles. The molecular weight excluding hydrogens is 230 g/mol. The van der Waals surface area contributed by atoms with Crippen LogP contribution in [0.1, 0.15) is 39.0 Å². The Balaban J connectivity index is 2.60. The van der Waals surface area contributed by atoms with E-state index in [4.69, 9.17) is 12.2 Å². The van der Waals surface area contributed by atoms with E-state index in [0.717, 1.165) is 25.9 Å². The highest BCUT2D eigenvalue weighted by molar-refractivity contribution is 7.86. The van der Waals surface area contributed by atoms with Crippen molar-refractivity contribution in [3.05, 3.63) is 0 Å². The van der Waals surface area contributed by atoms with E-state index >= 15 is 0 Å². The maximum Gasteiger partial charge on any atom is 0.220 e. The molecule has 15 heavy (non-hydrogen) atoms. The molecule has 0 bridgehead atoms. The molecule has 0 aromatic carbocycles. The van der Waals surface area contributed by atoms with Crippen LogP contribution in [-0.4, -0.2) is 36.3 Å². The van der Waals surface area contributed by atoms with Gasteiger partial charge in [0.15, 0.2) is 0 Å². The van der Waals surface area contributed by atoms with Crippen LogP contribution < -0.4 is 0 Å². The highest BCUT2D eigenvalue weighted by Gasteiger charge is 2.21. The van der Waals surface area contributed by atoms with Gasteiger partial charge in [-0.2, -0.15) is 8.42 Å². The number of rotatable bonds is 4. The third-order valence-corrected chi connectivity index (χ3v) is 4.02. The largest absolute Gasteiger partial charge is 0.362 e. The average Bonchev–Trinajstić information content (AvgIpc) is 2.20. The number of hydrogen-bond donors (Lipinski definition) is 0.